The Hall–Kier alpha value is -2.52. The van der Waals surface area contributed by atoms with Gasteiger partial charge in [0.25, 0.3) is 0 Å². The zero-order valence-electron chi connectivity index (χ0n) is 16.3. The maximum Gasteiger partial charge on any atom is 0.341 e. The topological polar surface area (TPSA) is 106 Å². The average molecular weight is 443 g/mol. The van der Waals surface area contributed by atoms with E-state index in [2.05, 4.69) is 10.6 Å². The number of carbonyl (C=O) groups is 2. The van der Waals surface area contributed by atoms with Gasteiger partial charge in [0, 0.05) is 22.3 Å². The van der Waals surface area contributed by atoms with Gasteiger partial charge in [0.2, 0.25) is 0 Å². The third-order valence-electron chi connectivity index (χ3n) is 4.07. The Bertz CT molecular complexity index is 842. The molecule has 1 aromatic rings. The van der Waals surface area contributed by atoms with Crippen molar-refractivity contribution in [2.45, 2.75) is 32.7 Å². The van der Waals surface area contributed by atoms with Gasteiger partial charge in [-0.2, -0.15) is 0 Å². The van der Waals surface area contributed by atoms with Gasteiger partial charge in [-0.3, -0.25) is 0 Å². The Labute approximate surface area is 179 Å². The number of allylic oxidation sites excluding steroid dienone is 1. The number of esters is 1. The van der Waals surface area contributed by atoms with Crippen LogP contribution < -0.4 is 20.1 Å². The fraction of sp³-hybridized carbons (Fsp3) is 0.421. The molecule has 1 aromatic carbocycles. The number of rotatable bonds is 9. The Morgan fingerprint density at radius 1 is 1.31 bits per heavy atom. The van der Waals surface area contributed by atoms with Crippen LogP contribution in [-0.4, -0.2) is 42.5 Å². The van der Waals surface area contributed by atoms with Crippen molar-refractivity contribution in [2.75, 3.05) is 20.3 Å². The van der Waals surface area contributed by atoms with E-state index in [1.165, 1.54) is 13.2 Å². The molecule has 0 aliphatic carbocycles. The summed E-state index contributed by atoms with van der Waals surface area (Å²) in [6.07, 6.45) is 1.33. The van der Waals surface area contributed by atoms with Crippen molar-refractivity contribution in [3.63, 3.8) is 0 Å². The van der Waals surface area contributed by atoms with Crippen LogP contribution in [0.15, 0.2) is 23.4 Å². The number of carbonyl (C=O) groups excluding carboxylic acids is 1. The average Bonchev–Trinajstić information content (AvgIpc) is 2.66. The molecule has 0 spiro atoms. The zero-order chi connectivity index (χ0) is 21.6. The summed E-state index contributed by atoms with van der Waals surface area (Å²) in [7, 11) is 1.41. The molecule has 29 heavy (non-hydrogen) atoms. The molecule has 2 rings (SSSR count). The van der Waals surface area contributed by atoms with Gasteiger partial charge in [0.1, 0.15) is 0 Å². The molecule has 1 aliphatic rings. The van der Waals surface area contributed by atoms with E-state index in [1.54, 1.807) is 13.0 Å². The molecule has 0 aromatic heterocycles. The highest BCUT2D eigenvalue weighted by Crippen LogP contribution is 2.42. The minimum atomic E-state index is -1.16. The molecule has 0 unspecified atom stereocenters. The highest BCUT2D eigenvalue weighted by molar-refractivity contribution is 7.80. The van der Waals surface area contributed by atoms with Crippen molar-refractivity contribution >= 4 is 40.9 Å². The van der Waals surface area contributed by atoms with Gasteiger partial charge in [0.15, 0.2) is 23.2 Å². The normalized spacial score (nSPS) is 16.0. The third-order valence-corrected chi connectivity index (χ3v) is 4.51. The SMILES string of the molecule is CCCC1=C(C(=O)OCC)[C@H](c2cc(Cl)cc(OC)c2OCC(=O)O)NC(=S)N1. The highest BCUT2D eigenvalue weighted by atomic mass is 35.5. The summed E-state index contributed by atoms with van der Waals surface area (Å²) >= 11 is 11.6. The van der Waals surface area contributed by atoms with Gasteiger partial charge in [0.05, 0.1) is 25.3 Å². The van der Waals surface area contributed by atoms with Gasteiger partial charge >= 0.3 is 11.9 Å². The van der Waals surface area contributed by atoms with E-state index in [1.807, 2.05) is 6.92 Å². The lowest BCUT2D eigenvalue weighted by Gasteiger charge is -2.32. The summed E-state index contributed by atoms with van der Waals surface area (Å²) in [5.41, 5.74) is 1.37. The van der Waals surface area contributed by atoms with Crippen LogP contribution in [0, 0.1) is 0 Å². The number of benzene rings is 1. The number of halogens is 1. The van der Waals surface area contributed by atoms with Gasteiger partial charge in [-0.15, -0.1) is 0 Å². The summed E-state index contributed by atoms with van der Waals surface area (Å²) in [6, 6.07) is 2.32. The molecule has 158 valence electrons. The minimum Gasteiger partial charge on any atom is -0.493 e. The second-order valence-electron chi connectivity index (χ2n) is 6.10. The standard InChI is InChI=1S/C19H23ClN2O6S/c1-4-6-12-15(18(25)27-5-2)16(22-19(29)21-12)11-7-10(20)8-13(26-3)17(11)28-9-14(23)24/h7-8,16H,4-6,9H2,1-3H3,(H,23,24)(H2,21,22,29)/t16-/m0/s1. The lowest BCUT2D eigenvalue weighted by atomic mass is 9.93. The van der Waals surface area contributed by atoms with E-state index >= 15 is 0 Å². The van der Waals surface area contributed by atoms with E-state index in [9.17, 15) is 9.59 Å². The van der Waals surface area contributed by atoms with Crippen LogP contribution in [0.1, 0.15) is 38.3 Å². The number of methoxy groups -OCH3 is 1. The summed E-state index contributed by atoms with van der Waals surface area (Å²) in [6.45, 7) is 3.28. The first-order valence-corrected chi connectivity index (χ1v) is 9.80. The van der Waals surface area contributed by atoms with Crippen molar-refractivity contribution in [3.05, 3.63) is 34.0 Å². The first kappa shape index (κ1) is 22.8. The number of nitrogens with one attached hydrogen (secondary N) is 2. The fourth-order valence-electron chi connectivity index (χ4n) is 2.99. The Balaban J connectivity index is 2.68. The molecule has 1 heterocycles. The van der Waals surface area contributed by atoms with Gasteiger partial charge < -0.3 is 30.0 Å². The Morgan fingerprint density at radius 2 is 2.03 bits per heavy atom. The largest absolute Gasteiger partial charge is 0.493 e. The molecule has 0 radical (unpaired) electrons. The summed E-state index contributed by atoms with van der Waals surface area (Å²) in [4.78, 5) is 23.8. The first-order valence-electron chi connectivity index (χ1n) is 9.01. The zero-order valence-corrected chi connectivity index (χ0v) is 17.9. The summed E-state index contributed by atoms with van der Waals surface area (Å²) < 4.78 is 16.1. The first-order chi connectivity index (χ1) is 13.8. The van der Waals surface area contributed by atoms with Crippen molar-refractivity contribution in [1.82, 2.24) is 10.6 Å². The molecule has 0 saturated carbocycles. The number of aliphatic carboxylic acids is 1. The predicted molar refractivity (Wildman–Crippen MR) is 111 cm³/mol. The summed E-state index contributed by atoms with van der Waals surface area (Å²) in [5.74, 6) is -1.29. The number of hydrogen-bond donors (Lipinski definition) is 3. The van der Waals surface area contributed by atoms with Crippen molar-refractivity contribution in [1.29, 1.82) is 0 Å². The maximum absolute atomic E-state index is 12.8. The third kappa shape index (κ3) is 5.51. The van der Waals surface area contributed by atoms with Gasteiger partial charge in [-0.1, -0.05) is 24.9 Å². The molecule has 0 amide bonds. The molecule has 0 saturated heterocycles. The summed E-state index contributed by atoms with van der Waals surface area (Å²) in [5, 5.41) is 15.7. The molecular formula is C19H23ClN2O6S. The van der Waals surface area contributed by atoms with Crippen LogP contribution in [0.5, 0.6) is 11.5 Å². The molecular weight excluding hydrogens is 420 g/mol. The monoisotopic (exact) mass is 442 g/mol. The number of ether oxygens (including phenoxy) is 3. The van der Waals surface area contributed by atoms with Crippen LogP contribution >= 0.6 is 23.8 Å². The van der Waals surface area contributed by atoms with Crippen LogP contribution in [0.25, 0.3) is 0 Å². The molecule has 10 heteroatoms. The van der Waals surface area contributed by atoms with E-state index in [4.69, 9.17) is 43.1 Å². The molecule has 3 N–H and O–H groups in total. The molecule has 0 bridgehead atoms. The number of carboxylic acids is 1. The smallest absolute Gasteiger partial charge is 0.341 e. The molecule has 1 atom stereocenters. The molecule has 8 nitrogen and oxygen atoms in total. The van der Waals surface area contributed by atoms with E-state index < -0.39 is 24.6 Å². The van der Waals surface area contributed by atoms with Crippen molar-refractivity contribution in [2.24, 2.45) is 0 Å². The van der Waals surface area contributed by atoms with E-state index in [0.717, 1.165) is 6.42 Å². The predicted octanol–water partition coefficient (Wildman–Crippen LogP) is 2.95. The lowest BCUT2D eigenvalue weighted by molar-refractivity contribution is -0.140. The van der Waals surface area contributed by atoms with Crippen LogP contribution in [-0.2, 0) is 14.3 Å². The number of thiocarbonyl (C=S) groups is 1. The maximum atomic E-state index is 12.8. The molecule has 1 aliphatic heterocycles. The quantitative estimate of drug-likeness (QED) is 0.393. The highest BCUT2D eigenvalue weighted by Gasteiger charge is 2.35. The lowest BCUT2D eigenvalue weighted by Crippen LogP contribution is -2.46. The van der Waals surface area contributed by atoms with Gasteiger partial charge in [-0.05, 0) is 31.6 Å². The van der Waals surface area contributed by atoms with E-state index in [0.29, 0.717) is 33.4 Å². The minimum absolute atomic E-state index is 0.152. The van der Waals surface area contributed by atoms with E-state index in [-0.39, 0.29) is 18.1 Å². The number of carboxylic acid groups (broad SMARTS) is 1. The molecule has 0 fully saturated rings. The Kier molecular flexibility index (Phi) is 8.10. The van der Waals surface area contributed by atoms with Crippen LogP contribution in [0.2, 0.25) is 5.02 Å². The Morgan fingerprint density at radius 3 is 2.62 bits per heavy atom. The second-order valence-corrected chi connectivity index (χ2v) is 6.95. The van der Waals surface area contributed by atoms with Crippen LogP contribution in [0.3, 0.4) is 0 Å². The van der Waals surface area contributed by atoms with Crippen molar-refractivity contribution in [3.8, 4) is 11.5 Å². The second kappa shape index (κ2) is 10.3. The number of hydrogen-bond acceptors (Lipinski definition) is 6. The van der Waals surface area contributed by atoms with Crippen LogP contribution in [0.4, 0.5) is 0 Å². The van der Waals surface area contributed by atoms with Crippen molar-refractivity contribution < 1.29 is 28.9 Å². The van der Waals surface area contributed by atoms with Gasteiger partial charge in [-0.25, -0.2) is 9.59 Å². The fourth-order valence-corrected chi connectivity index (χ4v) is 3.45.